The first-order valence-electron chi connectivity index (χ1n) is 4.26. The van der Waals surface area contributed by atoms with Gasteiger partial charge in [0.15, 0.2) is 0 Å². The molecule has 2 N–H and O–H groups in total. The number of halogens is 1. The molecule has 1 aromatic carbocycles. The van der Waals surface area contributed by atoms with Crippen molar-refractivity contribution in [3.05, 3.63) is 35.1 Å². The van der Waals surface area contributed by atoms with Crippen molar-refractivity contribution in [2.24, 2.45) is 0 Å². The summed E-state index contributed by atoms with van der Waals surface area (Å²) in [5.41, 5.74) is 0.628. The molecule has 0 saturated heterocycles. The van der Waals surface area contributed by atoms with Crippen molar-refractivity contribution >= 4 is 6.29 Å². The van der Waals surface area contributed by atoms with Gasteiger partial charge in [-0.25, -0.2) is 4.39 Å². The number of hydrogen-bond acceptors (Lipinski definition) is 3. The minimum Gasteiger partial charge on any atom is -0.387 e. The number of aliphatic hydroxyl groups excluding tert-OH is 1. The van der Waals surface area contributed by atoms with Crippen molar-refractivity contribution in [2.75, 3.05) is 13.6 Å². The van der Waals surface area contributed by atoms with E-state index in [4.69, 9.17) is 0 Å². The molecule has 0 aliphatic carbocycles. The third-order valence-corrected chi connectivity index (χ3v) is 1.93. The molecule has 0 aliphatic heterocycles. The Hall–Kier alpha value is -1.26. The molecule has 0 spiro atoms. The van der Waals surface area contributed by atoms with Crippen LogP contribution in [0.4, 0.5) is 4.39 Å². The lowest BCUT2D eigenvalue weighted by Crippen LogP contribution is -2.18. The summed E-state index contributed by atoms with van der Waals surface area (Å²) < 4.78 is 12.8. The number of likely N-dealkylation sites (N-methyl/N-ethyl adjacent to an activating group) is 1. The molecule has 0 radical (unpaired) electrons. The van der Waals surface area contributed by atoms with Gasteiger partial charge in [0, 0.05) is 12.1 Å². The summed E-state index contributed by atoms with van der Waals surface area (Å²) in [7, 11) is 1.67. The second kappa shape index (κ2) is 4.83. The Labute approximate surface area is 81.6 Å². The molecule has 0 amide bonds. The van der Waals surface area contributed by atoms with Crippen LogP contribution in [0.5, 0.6) is 0 Å². The lowest BCUT2D eigenvalue weighted by Gasteiger charge is -2.12. The zero-order chi connectivity index (χ0) is 10.6. The molecular formula is C10H12FNO2. The minimum absolute atomic E-state index is 0.282. The number of aldehydes is 1. The normalized spacial score (nSPS) is 12.5. The Kier molecular flexibility index (Phi) is 3.73. The Balaban J connectivity index is 3.03. The smallest absolute Gasteiger partial charge is 0.150 e. The molecule has 0 saturated carbocycles. The van der Waals surface area contributed by atoms with Gasteiger partial charge in [-0.2, -0.15) is 0 Å². The minimum atomic E-state index is -0.865. The maximum absolute atomic E-state index is 12.8. The van der Waals surface area contributed by atoms with Gasteiger partial charge in [0.2, 0.25) is 0 Å². The van der Waals surface area contributed by atoms with E-state index >= 15 is 0 Å². The van der Waals surface area contributed by atoms with E-state index in [0.717, 1.165) is 0 Å². The van der Waals surface area contributed by atoms with Gasteiger partial charge in [0.05, 0.1) is 6.10 Å². The van der Waals surface area contributed by atoms with Crippen molar-refractivity contribution in [1.82, 2.24) is 5.32 Å². The van der Waals surface area contributed by atoms with E-state index in [1.807, 2.05) is 0 Å². The lowest BCUT2D eigenvalue weighted by molar-refractivity contribution is 0.111. The van der Waals surface area contributed by atoms with Crippen LogP contribution in [0.25, 0.3) is 0 Å². The molecule has 14 heavy (non-hydrogen) atoms. The summed E-state index contributed by atoms with van der Waals surface area (Å²) in [5, 5.41) is 12.3. The fourth-order valence-electron chi connectivity index (χ4n) is 1.24. The molecule has 0 aromatic heterocycles. The van der Waals surface area contributed by atoms with Crippen LogP contribution in [0.1, 0.15) is 22.0 Å². The first-order valence-corrected chi connectivity index (χ1v) is 4.26. The van der Waals surface area contributed by atoms with Gasteiger partial charge >= 0.3 is 0 Å². The van der Waals surface area contributed by atoms with Gasteiger partial charge in [0.25, 0.3) is 0 Å². The molecular weight excluding hydrogens is 185 g/mol. The van der Waals surface area contributed by atoms with Crippen LogP contribution >= 0.6 is 0 Å². The monoisotopic (exact) mass is 197 g/mol. The highest BCUT2D eigenvalue weighted by Gasteiger charge is 2.11. The zero-order valence-electron chi connectivity index (χ0n) is 7.83. The SMILES string of the molecule is CNCC(O)c1cc(F)ccc1C=O. The van der Waals surface area contributed by atoms with E-state index in [1.165, 1.54) is 18.2 Å². The number of benzene rings is 1. The molecule has 0 aliphatic rings. The quantitative estimate of drug-likeness (QED) is 0.705. The van der Waals surface area contributed by atoms with Crippen molar-refractivity contribution in [3.63, 3.8) is 0 Å². The predicted octanol–water partition coefficient (Wildman–Crippen LogP) is 0.891. The van der Waals surface area contributed by atoms with E-state index in [2.05, 4.69) is 5.32 Å². The van der Waals surface area contributed by atoms with Crippen molar-refractivity contribution < 1.29 is 14.3 Å². The zero-order valence-corrected chi connectivity index (χ0v) is 7.83. The Bertz CT molecular complexity index is 328. The maximum Gasteiger partial charge on any atom is 0.150 e. The van der Waals surface area contributed by atoms with Crippen LogP contribution in [0.2, 0.25) is 0 Å². The molecule has 1 atom stereocenters. The highest BCUT2D eigenvalue weighted by atomic mass is 19.1. The van der Waals surface area contributed by atoms with Crippen molar-refractivity contribution in [2.45, 2.75) is 6.10 Å². The second-order valence-corrected chi connectivity index (χ2v) is 2.96. The Morgan fingerprint density at radius 1 is 1.64 bits per heavy atom. The van der Waals surface area contributed by atoms with Crippen LogP contribution in [0, 0.1) is 5.82 Å². The maximum atomic E-state index is 12.8. The number of nitrogens with one attached hydrogen (secondary N) is 1. The fraction of sp³-hybridized carbons (Fsp3) is 0.300. The summed E-state index contributed by atoms with van der Waals surface area (Å²) in [5.74, 6) is -0.458. The molecule has 0 heterocycles. The molecule has 76 valence electrons. The topological polar surface area (TPSA) is 49.3 Å². The standard InChI is InChI=1S/C10H12FNO2/c1-12-5-10(14)9-4-8(11)3-2-7(9)6-13/h2-4,6,10,12,14H,5H2,1H3. The predicted molar refractivity (Wildman–Crippen MR) is 50.7 cm³/mol. The largest absolute Gasteiger partial charge is 0.387 e. The van der Waals surface area contributed by atoms with Crippen LogP contribution in [0.15, 0.2) is 18.2 Å². The lowest BCUT2D eigenvalue weighted by atomic mass is 10.0. The van der Waals surface area contributed by atoms with Crippen LogP contribution in [-0.2, 0) is 0 Å². The Morgan fingerprint density at radius 3 is 2.93 bits per heavy atom. The number of carbonyl (C=O) groups excluding carboxylic acids is 1. The summed E-state index contributed by atoms with van der Waals surface area (Å²) in [6.45, 7) is 0.282. The molecule has 4 heteroatoms. The molecule has 3 nitrogen and oxygen atoms in total. The van der Waals surface area contributed by atoms with Crippen molar-refractivity contribution in [3.8, 4) is 0 Å². The van der Waals surface area contributed by atoms with E-state index in [9.17, 15) is 14.3 Å². The van der Waals surface area contributed by atoms with E-state index in [0.29, 0.717) is 17.4 Å². The Morgan fingerprint density at radius 2 is 2.36 bits per heavy atom. The molecule has 1 aromatic rings. The van der Waals surface area contributed by atoms with E-state index in [1.54, 1.807) is 7.05 Å². The van der Waals surface area contributed by atoms with Crippen molar-refractivity contribution in [1.29, 1.82) is 0 Å². The third kappa shape index (κ3) is 2.37. The summed E-state index contributed by atoms with van der Waals surface area (Å²) in [6.07, 6.45) is -0.260. The number of hydrogen-bond donors (Lipinski definition) is 2. The summed E-state index contributed by atoms with van der Waals surface area (Å²) >= 11 is 0. The third-order valence-electron chi connectivity index (χ3n) is 1.93. The highest BCUT2D eigenvalue weighted by molar-refractivity contribution is 5.77. The van der Waals surface area contributed by atoms with Gasteiger partial charge in [-0.05, 0) is 30.8 Å². The number of rotatable bonds is 4. The van der Waals surface area contributed by atoms with Crippen LogP contribution in [-0.4, -0.2) is 25.0 Å². The van der Waals surface area contributed by atoms with Gasteiger partial charge in [-0.3, -0.25) is 4.79 Å². The van der Waals surface area contributed by atoms with Crippen LogP contribution in [0.3, 0.4) is 0 Å². The summed E-state index contributed by atoms with van der Waals surface area (Å²) in [6, 6.07) is 3.72. The first-order chi connectivity index (χ1) is 6.69. The molecule has 1 rings (SSSR count). The average molecular weight is 197 g/mol. The highest BCUT2D eigenvalue weighted by Crippen LogP contribution is 2.17. The molecule has 0 fully saturated rings. The second-order valence-electron chi connectivity index (χ2n) is 2.96. The molecule has 1 unspecified atom stereocenters. The number of carbonyl (C=O) groups is 1. The average Bonchev–Trinajstić information content (AvgIpc) is 2.18. The van der Waals surface area contributed by atoms with Crippen LogP contribution < -0.4 is 5.32 Å². The molecule has 0 bridgehead atoms. The van der Waals surface area contributed by atoms with E-state index in [-0.39, 0.29) is 6.54 Å². The first kappa shape index (κ1) is 10.8. The number of aliphatic hydroxyl groups is 1. The van der Waals surface area contributed by atoms with Gasteiger partial charge in [-0.15, -0.1) is 0 Å². The van der Waals surface area contributed by atoms with Gasteiger partial charge in [-0.1, -0.05) is 0 Å². The fourth-order valence-corrected chi connectivity index (χ4v) is 1.24. The van der Waals surface area contributed by atoms with Gasteiger partial charge < -0.3 is 10.4 Å². The van der Waals surface area contributed by atoms with E-state index < -0.39 is 11.9 Å². The van der Waals surface area contributed by atoms with Gasteiger partial charge in [0.1, 0.15) is 12.1 Å². The summed E-state index contributed by atoms with van der Waals surface area (Å²) in [4.78, 5) is 10.6.